The summed E-state index contributed by atoms with van der Waals surface area (Å²) in [5.74, 6) is -1.37. The fourth-order valence-electron chi connectivity index (χ4n) is 1.63. The van der Waals surface area contributed by atoms with Crippen molar-refractivity contribution in [2.75, 3.05) is 19.8 Å². The first kappa shape index (κ1) is 15.7. The number of hydrogen-bond donors (Lipinski definition) is 0. The molecule has 1 rings (SSSR count). The highest BCUT2D eigenvalue weighted by Gasteiger charge is 2.40. The van der Waals surface area contributed by atoms with E-state index in [1.54, 1.807) is 6.92 Å². The molecule has 4 nitrogen and oxygen atoms in total. The lowest BCUT2D eigenvalue weighted by molar-refractivity contribution is -0.151. The van der Waals surface area contributed by atoms with Gasteiger partial charge in [0.15, 0.2) is 0 Å². The number of thioether (sulfide) groups is 1. The molecule has 1 saturated heterocycles. The van der Waals surface area contributed by atoms with Crippen molar-refractivity contribution in [3.05, 3.63) is 0 Å². The molecule has 0 amide bonds. The third-order valence-electron chi connectivity index (χ3n) is 2.45. The summed E-state index contributed by atoms with van der Waals surface area (Å²) in [6, 6.07) is 0. The smallest absolute Gasteiger partial charge is 0.341 e. The molecule has 1 aliphatic heterocycles. The summed E-state index contributed by atoms with van der Waals surface area (Å²) in [5.41, 5.74) is -0.483. The SMILES string of the molecule is CCOC(=O)C(F)[C@@H]1CCO[C@H]1SC(=S)OCC. The van der Waals surface area contributed by atoms with E-state index in [2.05, 4.69) is 4.74 Å². The Bertz CT molecular complexity index is 301. The Morgan fingerprint density at radius 1 is 1.50 bits per heavy atom. The van der Waals surface area contributed by atoms with Crippen LogP contribution in [0, 0.1) is 5.92 Å². The van der Waals surface area contributed by atoms with Gasteiger partial charge >= 0.3 is 5.97 Å². The van der Waals surface area contributed by atoms with E-state index in [0.717, 1.165) is 11.8 Å². The first-order chi connectivity index (χ1) is 8.60. The second kappa shape index (κ2) is 7.91. The molecule has 18 heavy (non-hydrogen) atoms. The van der Waals surface area contributed by atoms with Crippen LogP contribution in [0.1, 0.15) is 20.3 Å². The van der Waals surface area contributed by atoms with E-state index in [9.17, 15) is 9.18 Å². The predicted octanol–water partition coefficient (Wildman–Crippen LogP) is 2.30. The Morgan fingerprint density at radius 2 is 2.17 bits per heavy atom. The maximum atomic E-state index is 13.9. The van der Waals surface area contributed by atoms with E-state index in [0.29, 0.717) is 24.0 Å². The molecule has 0 aliphatic carbocycles. The van der Waals surface area contributed by atoms with Crippen LogP contribution in [0.4, 0.5) is 4.39 Å². The highest BCUT2D eigenvalue weighted by molar-refractivity contribution is 8.22. The molecule has 1 fully saturated rings. The van der Waals surface area contributed by atoms with Gasteiger partial charge in [-0.15, -0.1) is 0 Å². The van der Waals surface area contributed by atoms with Gasteiger partial charge in [-0.3, -0.25) is 0 Å². The maximum absolute atomic E-state index is 13.9. The molecular formula is C11H17FO4S2. The second-order valence-electron chi connectivity index (χ2n) is 3.65. The second-order valence-corrected chi connectivity index (χ2v) is 5.35. The molecule has 1 unspecified atom stereocenters. The maximum Gasteiger partial charge on any atom is 0.341 e. The number of alkyl halides is 1. The average molecular weight is 296 g/mol. The molecule has 0 saturated carbocycles. The Kier molecular flexibility index (Phi) is 6.88. The van der Waals surface area contributed by atoms with Crippen LogP contribution in [0.5, 0.6) is 0 Å². The van der Waals surface area contributed by atoms with Crippen molar-refractivity contribution in [1.29, 1.82) is 0 Å². The van der Waals surface area contributed by atoms with E-state index >= 15 is 0 Å². The molecule has 7 heteroatoms. The number of ether oxygens (including phenoxy) is 3. The molecule has 0 N–H and O–H groups in total. The fraction of sp³-hybridized carbons (Fsp3) is 0.818. The molecule has 104 valence electrons. The zero-order valence-electron chi connectivity index (χ0n) is 10.4. The zero-order chi connectivity index (χ0) is 13.5. The van der Waals surface area contributed by atoms with Crippen molar-refractivity contribution in [2.24, 2.45) is 5.92 Å². The minimum absolute atomic E-state index is 0.169. The monoisotopic (exact) mass is 296 g/mol. The van der Waals surface area contributed by atoms with Crippen LogP contribution >= 0.6 is 24.0 Å². The lowest BCUT2D eigenvalue weighted by Gasteiger charge is -2.20. The summed E-state index contributed by atoms with van der Waals surface area (Å²) >= 11 is 6.11. The normalized spacial score (nSPS) is 24.6. The lowest BCUT2D eigenvalue weighted by Crippen LogP contribution is -2.32. The van der Waals surface area contributed by atoms with Crippen molar-refractivity contribution < 1.29 is 23.4 Å². The minimum Gasteiger partial charge on any atom is -0.479 e. The van der Waals surface area contributed by atoms with Gasteiger partial charge in [0.2, 0.25) is 10.6 Å². The van der Waals surface area contributed by atoms with Crippen LogP contribution in [0.25, 0.3) is 0 Å². The summed E-state index contributed by atoms with van der Waals surface area (Å²) in [7, 11) is 0. The molecule has 1 aliphatic rings. The van der Waals surface area contributed by atoms with Gasteiger partial charge in [0.05, 0.1) is 13.2 Å². The van der Waals surface area contributed by atoms with Gasteiger partial charge in [0.1, 0.15) is 5.44 Å². The third kappa shape index (κ3) is 4.37. The standard InChI is InChI=1S/C11H17FO4S2/c1-3-14-9(13)8(12)7-5-6-16-10(7)18-11(17)15-4-2/h7-8,10H,3-6H2,1-2H3/t7-,8?,10-/m0/s1. The summed E-state index contributed by atoms with van der Waals surface area (Å²) in [6.07, 6.45) is -1.19. The first-order valence-electron chi connectivity index (χ1n) is 5.85. The van der Waals surface area contributed by atoms with Gasteiger partial charge < -0.3 is 14.2 Å². The van der Waals surface area contributed by atoms with Crippen molar-refractivity contribution in [2.45, 2.75) is 31.9 Å². The van der Waals surface area contributed by atoms with E-state index in [4.69, 9.17) is 21.7 Å². The number of esters is 1. The van der Waals surface area contributed by atoms with Crippen LogP contribution in [-0.4, -0.2) is 41.8 Å². The molecule has 0 spiro atoms. The lowest BCUT2D eigenvalue weighted by atomic mass is 10.0. The van der Waals surface area contributed by atoms with Crippen LogP contribution in [0.3, 0.4) is 0 Å². The van der Waals surface area contributed by atoms with Gasteiger partial charge in [0.25, 0.3) is 0 Å². The first-order valence-corrected chi connectivity index (χ1v) is 7.14. The van der Waals surface area contributed by atoms with Gasteiger partial charge in [-0.25, -0.2) is 9.18 Å². The molecule has 3 atom stereocenters. The molecule has 0 bridgehead atoms. The van der Waals surface area contributed by atoms with Gasteiger partial charge in [-0.2, -0.15) is 0 Å². The molecule has 0 aromatic rings. The Hall–Kier alpha value is -0.400. The van der Waals surface area contributed by atoms with Gasteiger partial charge in [0, 0.05) is 12.5 Å². The summed E-state index contributed by atoms with van der Waals surface area (Å²) in [5, 5.41) is 0. The number of halogens is 1. The van der Waals surface area contributed by atoms with E-state index in [1.165, 1.54) is 0 Å². The molecule has 1 heterocycles. The van der Waals surface area contributed by atoms with E-state index in [-0.39, 0.29) is 6.61 Å². The molecule has 0 aromatic heterocycles. The highest BCUT2D eigenvalue weighted by atomic mass is 32.2. The van der Waals surface area contributed by atoms with Crippen LogP contribution < -0.4 is 0 Å². The van der Waals surface area contributed by atoms with Crippen molar-refractivity contribution in [1.82, 2.24) is 0 Å². The van der Waals surface area contributed by atoms with E-state index in [1.807, 2.05) is 6.92 Å². The Balaban J connectivity index is 2.53. The van der Waals surface area contributed by atoms with Crippen molar-refractivity contribution in [3.63, 3.8) is 0 Å². The van der Waals surface area contributed by atoms with Crippen LogP contribution in [-0.2, 0) is 19.0 Å². The molecular weight excluding hydrogens is 279 g/mol. The number of rotatable bonds is 5. The van der Waals surface area contributed by atoms with Gasteiger partial charge in [-0.1, -0.05) is 0 Å². The number of carbonyl (C=O) groups is 1. The number of carbonyl (C=O) groups excluding carboxylic acids is 1. The summed E-state index contributed by atoms with van der Waals surface area (Å²) in [6.45, 7) is 4.50. The highest BCUT2D eigenvalue weighted by Crippen LogP contribution is 2.35. The van der Waals surface area contributed by atoms with Crippen LogP contribution in [0.15, 0.2) is 0 Å². The Labute approximate surface area is 116 Å². The minimum atomic E-state index is -1.67. The predicted molar refractivity (Wildman–Crippen MR) is 71.2 cm³/mol. The van der Waals surface area contributed by atoms with Crippen molar-refractivity contribution >= 4 is 34.3 Å². The topological polar surface area (TPSA) is 44.8 Å². The van der Waals surface area contributed by atoms with Crippen LogP contribution in [0.2, 0.25) is 0 Å². The number of thiocarbonyl (C=S) groups is 1. The van der Waals surface area contributed by atoms with Crippen molar-refractivity contribution in [3.8, 4) is 0 Å². The average Bonchev–Trinajstić information content (AvgIpc) is 2.76. The fourth-order valence-corrected chi connectivity index (χ4v) is 3.02. The summed E-state index contributed by atoms with van der Waals surface area (Å²) < 4.78 is 29.4. The quantitative estimate of drug-likeness (QED) is 0.573. The summed E-state index contributed by atoms with van der Waals surface area (Å²) in [4.78, 5) is 11.4. The Morgan fingerprint density at radius 3 is 2.78 bits per heavy atom. The zero-order valence-corrected chi connectivity index (χ0v) is 12.0. The number of hydrogen-bond acceptors (Lipinski definition) is 6. The molecule has 0 aromatic carbocycles. The largest absolute Gasteiger partial charge is 0.479 e. The third-order valence-corrected chi connectivity index (χ3v) is 3.88. The van der Waals surface area contributed by atoms with Gasteiger partial charge in [-0.05, 0) is 44.2 Å². The molecule has 0 radical (unpaired) electrons. The van der Waals surface area contributed by atoms with E-state index < -0.39 is 23.5 Å².